The molecule has 7 nitrogen and oxygen atoms in total. The first-order chi connectivity index (χ1) is 12.1. The van der Waals surface area contributed by atoms with Gasteiger partial charge in [-0.1, -0.05) is 13.8 Å². The highest BCUT2D eigenvalue weighted by atomic mass is 32.2. The number of carbonyl (C=O) groups excluding carboxylic acids is 1. The van der Waals surface area contributed by atoms with E-state index in [4.69, 9.17) is 4.42 Å². The Morgan fingerprint density at radius 2 is 1.92 bits per heavy atom. The maximum absolute atomic E-state index is 13.2. The predicted molar refractivity (Wildman–Crippen MR) is 99.3 cm³/mol. The topological polar surface area (TPSA) is 74.1 Å². The zero-order valence-electron chi connectivity index (χ0n) is 16.2. The summed E-state index contributed by atoms with van der Waals surface area (Å²) in [5, 5.41) is 0. The van der Waals surface area contributed by atoms with Crippen LogP contribution in [0.1, 0.15) is 54.5 Å². The molecular weight excluding hydrogens is 354 g/mol. The third-order valence-electron chi connectivity index (χ3n) is 5.46. The summed E-state index contributed by atoms with van der Waals surface area (Å²) >= 11 is 0. The number of piperidine rings is 1. The lowest BCUT2D eigenvalue weighted by Crippen LogP contribution is -2.48. The average Bonchev–Trinajstić information content (AvgIpc) is 2.75. The minimum atomic E-state index is -3.47. The number of hydrogen-bond acceptors (Lipinski definition) is 4. The van der Waals surface area contributed by atoms with E-state index >= 15 is 0 Å². The van der Waals surface area contributed by atoms with Crippen LogP contribution in [0, 0.1) is 12.8 Å². The molecule has 3 aliphatic rings. The number of rotatable bonds is 4. The molecule has 0 aliphatic carbocycles. The number of fused-ring (bicyclic) bond motifs is 4. The fourth-order valence-corrected chi connectivity index (χ4v) is 5.09. The van der Waals surface area contributed by atoms with Crippen molar-refractivity contribution in [3.8, 4) is 0 Å². The van der Waals surface area contributed by atoms with Gasteiger partial charge in [-0.2, -0.15) is 17.0 Å². The predicted octanol–water partition coefficient (Wildman–Crippen LogP) is 2.05. The lowest BCUT2D eigenvalue weighted by molar-refractivity contribution is 0.0587. The molecule has 4 heterocycles. The number of carbonyl (C=O) groups is 1. The summed E-state index contributed by atoms with van der Waals surface area (Å²) in [5.41, 5.74) is 0.600. The summed E-state index contributed by atoms with van der Waals surface area (Å²) in [7, 11) is -0.370. The molecular formula is C18H29N3O4S. The van der Waals surface area contributed by atoms with Gasteiger partial charge in [-0.15, -0.1) is 0 Å². The van der Waals surface area contributed by atoms with Crippen LogP contribution in [-0.4, -0.2) is 67.6 Å². The van der Waals surface area contributed by atoms with Crippen molar-refractivity contribution in [3.63, 3.8) is 0 Å². The van der Waals surface area contributed by atoms with Crippen LogP contribution in [0.5, 0.6) is 0 Å². The third kappa shape index (κ3) is 3.42. The van der Waals surface area contributed by atoms with Crippen LogP contribution in [0.15, 0.2) is 10.5 Å². The van der Waals surface area contributed by atoms with E-state index in [1.807, 2.05) is 31.7 Å². The maximum Gasteiger partial charge on any atom is 0.281 e. The Morgan fingerprint density at radius 1 is 1.23 bits per heavy atom. The first-order valence-electron chi connectivity index (χ1n) is 9.20. The Kier molecular flexibility index (Phi) is 5.20. The van der Waals surface area contributed by atoms with E-state index in [9.17, 15) is 13.2 Å². The van der Waals surface area contributed by atoms with Gasteiger partial charge in [0.1, 0.15) is 11.5 Å². The maximum atomic E-state index is 13.2. The Hall–Kier alpha value is -1.38. The number of aryl methyl sites for hydroxylation is 1. The molecule has 0 spiro atoms. The fraction of sp³-hybridized carbons (Fsp3) is 0.722. The van der Waals surface area contributed by atoms with E-state index in [-0.39, 0.29) is 23.8 Å². The Morgan fingerprint density at radius 3 is 2.50 bits per heavy atom. The highest BCUT2D eigenvalue weighted by Gasteiger charge is 2.42. The van der Waals surface area contributed by atoms with Crippen molar-refractivity contribution >= 4 is 16.1 Å². The Labute approximate surface area is 156 Å². The van der Waals surface area contributed by atoms with Gasteiger partial charge in [0, 0.05) is 45.7 Å². The summed E-state index contributed by atoms with van der Waals surface area (Å²) in [4.78, 5) is 15.0. The number of furan rings is 1. The van der Waals surface area contributed by atoms with Crippen LogP contribution in [0.3, 0.4) is 0 Å². The average molecular weight is 384 g/mol. The lowest BCUT2D eigenvalue weighted by atomic mass is 9.94. The van der Waals surface area contributed by atoms with Crippen LogP contribution in [0.4, 0.5) is 0 Å². The van der Waals surface area contributed by atoms with Crippen LogP contribution >= 0.6 is 0 Å². The molecule has 26 heavy (non-hydrogen) atoms. The van der Waals surface area contributed by atoms with E-state index in [0.29, 0.717) is 31.0 Å². The fourth-order valence-electron chi connectivity index (χ4n) is 3.86. The molecule has 3 saturated heterocycles. The molecule has 1 amide bonds. The van der Waals surface area contributed by atoms with Gasteiger partial charge in [0.2, 0.25) is 0 Å². The second kappa shape index (κ2) is 6.98. The van der Waals surface area contributed by atoms with E-state index in [1.54, 1.807) is 14.1 Å². The molecule has 3 fully saturated rings. The molecule has 0 aromatic carbocycles. The standard InChI is InChI=1S/C18H29N3O4S/c1-12(2)17-8-16(13(3)25-17)18(22)21-10-14-6-7-15(21)11-20(9-14)26(23,24)19(4)5/h8,12,14-15H,6-7,9-11H2,1-5H3. The molecule has 3 aliphatic heterocycles. The van der Waals surface area contributed by atoms with Crippen LogP contribution in [0.25, 0.3) is 0 Å². The Balaban J connectivity index is 1.86. The smallest absolute Gasteiger partial charge is 0.281 e. The zero-order valence-corrected chi connectivity index (χ0v) is 17.0. The molecule has 2 atom stereocenters. The number of nitrogens with zero attached hydrogens (tertiary/aromatic N) is 3. The van der Waals surface area contributed by atoms with Crippen molar-refractivity contribution in [2.24, 2.45) is 5.92 Å². The molecule has 146 valence electrons. The quantitative estimate of drug-likeness (QED) is 0.798. The molecule has 4 rings (SSSR count). The molecule has 2 unspecified atom stereocenters. The first-order valence-corrected chi connectivity index (χ1v) is 10.6. The van der Waals surface area contributed by atoms with Crippen molar-refractivity contribution in [2.75, 3.05) is 33.7 Å². The van der Waals surface area contributed by atoms with Gasteiger partial charge in [0.15, 0.2) is 0 Å². The van der Waals surface area contributed by atoms with Gasteiger partial charge in [-0.3, -0.25) is 4.79 Å². The highest BCUT2D eigenvalue weighted by molar-refractivity contribution is 7.86. The SMILES string of the molecule is Cc1oc(C(C)C)cc1C(=O)N1CC2CCC1CN(S(=O)(=O)N(C)C)C2. The van der Waals surface area contributed by atoms with Gasteiger partial charge in [0.05, 0.1) is 5.56 Å². The van der Waals surface area contributed by atoms with E-state index < -0.39 is 10.2 Å². The zero-order chi connectivity index (χ0) is 19.2. The lowest BCUT2D eigenvalue weighted by Gasteiger charge is -2.36. The molecule has 1 aromatic rings. The van der Waals surface area contributed by atoms with Crippen molar-refractivity contribution < 1.29 is 17.6 Å². The normalized spacial score (nSPS) is 24.5. The molecule has 0 radical (unpaired) electrons. The van der Waals surface area contributed by atoms with Gasteiger partial charge in [-0.25, -0.2) is 0 Å². The van der Waals surface area contributed by atoms with Crippen molar-refractivity contribution in [3.05, 3.63) is 23.2 Å². The van der Waals surface area contributed by atoms with Gasteiger partial charge in [0.25, 0.3) is 16.1 Å². The second-order valence-corrected chi connectivity index (χ2v) is 10.1. The molecule has 0 N–H and O–H groups in total. The van der Waals surface area contributed by atoms with E-state index in [1.165, 1.54) is 8.61 Å². The second-order valence-electron chi connectivity index (χ2n) is 7.94. The number of hydrogen-bond donors (Lipinski definition) is 0. The molecule has 1 aromatic heterocycles. The summed E-state index contributed by atoms with van der Waals surface area (Å²) in [6.07, 6.45) is 1.79. The summed E-state index contributed by atoms with van der Waals surface area (Å²) in [6.45, 7) is 7.32. The van der Waals surface area contributed by atoms with Crippen molar-refractivity contribution in [1.29, 1.82) is 0 Å². The Bertz CT molecular complexity index is 784. The van der Waals surface area contributed by atoms with Crippen LogP contribution in [-0.2, 0) is 10.2 Å². The summed E-state index contributed by atoms with van der Waals surface area (Å²) in [6, 6.07) is 1.75. The largest absolute Gasteiger partial charge is 0.465 e. The molecule has 8 heteroatoms. The van der Waals surface area contributed by atoms with Crippen molar-refractivity contribution in [2.45, 2.75) is 45.6 Å². The van der Waals surface area contributed by atoms with E-state index in [2.05, 4.69) is 0 Å². The first kappa shape index (κ1) is 19.4. The van der Waals surface area contributed by atoms with E-state index in [0.717, 1.165) is 18.6 Å². The van der Waals surface area contributed by atoms with Crippen LogP contribution in [0.2, 0.25) is 0 Å². The third-order valence-corrected chi connectivity index (χ3v) is 7.34. The minimum absolute atomic E-state index is 0.0445. The van der Waals surface area contributed by atoms with Gasteiger partial charge >= 0.3 is 0 Å². The molecule has 2 bridgehead atoms. The van der Waals surface area contributed by atoms with Gasteiger partial charge in [-0.05, 0) is 31.7 Å². The highest BCUT2D eigenvalue weighted by Crippen LogP contribution is 2.32. The van der Waals surface area contributed by atoms with Crippen molar-refractivity contribution in [1.82, 2.24) is 13.5 Å². The number of amides is 1. The monoisotopic (exact) mass is 383 g/mol. The summed E-state index contributed by atoms with van der Waals surface area (Å²) in [5.74, 6) is 1.79. The van der Waals surface area contributed by atoms with Crippen LogP contribution < -0.4 is 0 Å². The van der Waals surface area contributed by atoms with Gasteiger partial charge < -0.3 is 9.32 Å². The minimum Gasteiger partial charge on any atom is -0.465 e. The summed E-state index contributed by atoms with van der Waals surface area (Å²) < 4.78 is 33.7. The molecule has 0 saturated carbocycles.